The van der Waals surface area contributed by atoms with Gasteiger partial charge in [0.2, 0.25) is 5.95 Å². The van der Waals surface area contributed by atoms with Gasteiger partial charge < -0.3 is 10.6 Å². The molecular formula is C15H19FN4. The number of benzene rings is 1. The maximum absolute atomic E-state index is 13.5. The van der Waals surface area contributed by atoms with Crippen LogP contribution < -0.4 is 10.6 Å². The highest BCUT2D eigenvalue weighted by molar-refractivity contribution is 5.55. The molecule has 0 aliphatic rings. The fraction of sp³-hybridized carbons (Fsp3) is 0.333. The molecule has 0 saturated heterocycles. The van der Waals surface area contributed by atoms with E-state index < -0.39 is 0 Å². The Hall–Kier alpha value is -2.17. The van der Waals surface area contributed by atoms with Crippen molar-refractivity contribution >= 4 is 17.5 Å². The first-order valence-corrected chi connectivity index (χ1v) is 6.88. The number of aromatic nitrogens is 2. The molecule has 0 aliphatic heterocycles. The summed E-state index contributed by atoms with van der Waals surface area (Å²) >= 11 is 0. The summed E-state index contributed by atoms with van der Waals surface area (Å²) in [5, 5.41) is 6.11. The number of hydrogen-bond donors (Lipinski definition) is 2. The van der Waals surface area contributed by atoms with Gasteiger partial charge in [0.1, 0.15) is 11.6 Å². The first-order valence-electron chi connectivity index (χ1n) is 6.88. The topological polar surface area (TPSA) is 49.8 Å². The van der Waals surface area contributed by atoms with E-state index in [1.165, 1.54) is 18.9 Å². The van der Waals surface area contributed by atoms with Gasteiger partial charge in [0, 0.05) is 12.7 Å². The summed E-state index contributed by atoms with van der Waals surface area (Å²) in [6.07, 6.45) is 5.14. The van der Waals surface area contributed by atoms with E-state index in [0.29, 0.717) is 11.6 Å². The summed E-state index contributed by atoms with van der Waals surface area (Å²) in [4.78, 5) is 8.40. The van der Waals surface area contributed by atoms with E-state index in [2.05, 4.69) is 27.5 Å². The summed E-state index contributed by atoms with van der Waals surface area (Å²) in [5.74, 6) is 0.808. The van der Waals surface area contributed by atoms with Gasteiger partial charge in [-0.3, -0.25) is 0 Å². The molecule has 20 heavy (non-hydrogen) atoms. The van der Waals surface area contributed by atoms with Crippen LogP contribution in [0.4, 0.5) is 21.8 Å². The Morgan fingerprint density at radius 3 is 2.80 bits per heavy atom. The number of anilines is 3. The van der Waals surface area contributed by atoms with Crippen molar-refractivity contribution in [2.45, 2.75) is 26.2 Å². The van der Waals surface area contributed by atoms with Gasteiger partial charge >= 0.3 is 0 Å². The molecule has 106 valence electrons. The van der Waals surface area contributed by atoms with Crippen LogP contribution in [-0.2, 0) is 0 Å². The SMILES string of the molecule is CCCCCNc1ccnc(Nc2ccccc2F)n1. The Balaban J connectivity index is 1.97. The van der Waals surface area contributed by atoms with Gasteiger partial charge in [0.05, 0.1) is 5.69 Å². The van der Waals surface area contributed by atoms with Gasteiger partial charge in [0.15, 0.2) is 0 Å². The summed E-state index contributed by atoms with van der Waals surface area (Å²) in [6.45, 7) is 3.05. The smallest absolute Gasteiger partial charge is 0.229 e. The van der Waals surface area contributed by atoms with Crippen LogP contribution in [0.2, 0.25) is 0 Å². The molecule has 2 aromatic rings. The number of rotatable bonds is 7. The summed E-state index contributed by atoms with van der Waals surface area (Å²) in [7, 11) is 0. The van der Waals surface area contributed by atoms with Crippen molar-refractivity contribution in [3.63, 3.8) is 0 Å². The van der Waals surface area contributed by atoms with Gasteiger partial charge in [-0.05, 0) is 24.6 Å². The van der Waals surface area contributed by atoms with E-state index in [0.717, 1.165) is 18.8 Å². The minimum Gasteiger partial charge on any atom is -0.370 e. The maximum atomic E-state index is 13.5. The number of nitrogens with one attached hydrogen (secondary N) is 2. The van der Waals surface area contributed by atoms with Gasteiger partial charge in [0.25, 0.3) is 0 Å². The van der Waals surface area contributed by atoms with Crippen molar-refractivity contribution in [3.8, 4) is 0 Å². The van der Waals surface area contributed by atoms with Crippen LogP contribution >= 0.6 is 0 Å². The summed E-state index contributed by atoms with van der Waals surface area (Å²) in [6, 6.07) is 8.26. The molecule has 4 nitrogen and oxygen atoms in total. The average molecular weight is 274 g/mol. The Bertz CT molecular complexity index is 545. The third-order valence-corrected chi connectivity index (χ3v) is 2.86. The Kier molecular flexibility index (Phi) is 5.29. The number of unbranched alkanes of at least 4 members (excludes halogenated alkanes) is 2. The van der Waals surface area contributed by atoms with Crippen LogP contribution in [0.1, 0.15) is 26.2 Å². The molecule has 0 atom stereocenters. The minimum absolute atomic E-state index is 0.322. The lowest BCUT2D eigenvalue weighted by atomic mass is 10.2. The zero-order valence-electron chi connectivity index (χ0n) is 11.6. The molecule has 5 heteroatoms. The molecular weight excluding hydrogens is 255 g/mol. The first kappa shape index (κ1) is 14.2. The molecule has 0 saturated carbocycles. The summed E-state index contributed by atoms with van der Waals surface area (Å²) in [5.41, 5.74) is 0.371. The van der Waals surface area contributed by atoms with Crippen LogP contribution in [0.15, 0.2) is 36.5 Å². The van der Waals surface area contributed by atoms with Crippen molar-refractivity contribution in [1.29, 1.82) is 0 Å². The van der Waals surface area contributed by atoms with Crippen molar-refractivity contribution in [2.24, 2.45) is 0 Å². The molecule has 0 radical (unpaired) electrons. The van der Waals surface area contributed by atoms with E-state index in [9.17, 15) is 4.39 Å². The van der Waals surface area contributed by atoms with Crippen LogP contribution in [-0.4, -0.2) is 16.5 Å². The molecule has 2 N–H and O–H groups in total. The van der Waals surface area contributed by atoms with Crippen molar-refractivity contribution in [2.75, 3.05) is 17.2 Å². The zero-order valence-corrected chi connectivity index (χ0v) is 11.6. The third-order valence-electron chi connectivity index (χ3n) is 2.86. The molecule has 0 fully saturated rings. The number of hydrogen-bond acceptors (Lipinski definition) is 4. The van der Waals surface area contributed by atoms with Crippen LogP contribution in [0.25, 0.3) is 0 Å². The molecule has 1 aromatic heterocycles. The number of halogens is 1. The molecule has 0 bridgehead atoms. The highest BCUT2D eigenvalue weighted by atomic mass is 19.1. The van der Waals surface area contributed by atoms with E-state index in [1.807, 2.05) is 0 Å². The van der Waals surface area contributed by atoms with E-state index in [4.69, 9.17) is 0 Å². The standard InChI is InChI=1S/C15H19FN4/c1-2-3-6-10-17-14-9-11-18-15(20-14)19-13-8-5-4-7-12(13)16/h4-5,7-9,11H,2-3,6,10H2,1H3,(H2,17,18,19,20). The lowest BCUT2D eigenvalue weighted by Gasteiger charge is -2.08. The van der Waals surface area contributed by atoms with E-state index in [1.54, 1.807) is 30.5 Å². The van der Waals surface area contributed by atoms with Gasteiger partial charge in [-0.2, -0.15) is 4.98 Å². The second kappa shape index (κ2) is 7.43. The van der Waals surface area contributed by atoms with Crippen LogP contribution in [0, 0.1) is 5.82 Å². The molecule has 0 spiro atoms. The Morgan fingerprint density at radius 2 is 2.00 bits per heavy atom. The zero-order chi connectivity index (χ0) is 14.2. The monoisotopic (exact) mass is 274 g/mol. The van der Waals surface area contributed by atoms with Gasteiger partial charge in [-0.15, -0.1) is 0 Å². The fourth-order valence-corrected chi connectivity index (χ4v) is 1.79. The van der Waals surface area contributed by atoms with Gasteiger partial charge in [-0.25, -0.2) is 9.37 Å². The Labute approximate surface area is 118 Å². The van der Waals surface area contributed by atoms with Crippen LogP contribution in [0.3, 0.4) is 0 Å². The minimum atomic E-state index is -0.322. The van der Waals surface area contributed by atoms with Gasteiger partial charge in [-0.1, -0.05) is 31.9 Å². The highest BCUT2D eigenvalue weighted by Crippen LogP contribution is 2.17. The highest BCUT2D eigenvalue weighted by Gasteiger charge is 2.03. The first-order chi connectivity index (χ1) is 9.79. The van der Waals surface area contributed by atoms with Crippen molar-refractivity contribution in [3.05, 3.63) is 42.3 Å². The third kappa shape index (κ3) is 4.19. The fourth-order valence-electron chi connectivity index (χ4n) is 1.79. The molecule has 2 rings (SSSR count). The molecule has 1 heterocycles. The lowest BCUT2D eigenvalue weighted by Crippen LogP contribution is -2.05. The maximum Gasteiger partial charge on any atom is 0.229 e. The van der Waals surface area contributed by atoms with E-state index in [-0.39, 0.29) is 5.82 Å². The average Bonchev–Trinajstić information content (AvgIpc) is 2.47. The molecule has 1 aromatic carbocycles. The van der Waals surface area contributed by atoms with Crippen LogP contribution in [0.5, 0.6) is 0 Å². The second-order valence-corrected chi connectivity index (χ2v) is 4.50. The normalized spacial score (nSPS) is 10.3. The summed E-state index contributed by atoms with van der Waals surface area (Å²) < 4.78 is 13.5. The predicted octanol–water partition coefficient (Wildman–Crippen LogP) is 3.96. The largest absolute Gasteiger partial charge is 0.370 e. The second-order valence-electron chi connectivity index (χ2n) is 4.50. The lowest BCUT2D eigenvalue weighted by molar-refractivity contribution is 0.631. The predicted molar refractivity (Wildman–Crippen MR) is 79.7 cm³/mol. The quantitative estimate of drug-likeness (QED) is 0.750. The molecule has 0 aliphatic carbocycles. The van der Waals surface area contributed by atoms with E-state index >= 15 is 0 Å². The molecule has 0 unspecified atom stereocenters. The number of nitrogens with zero attached hydrogens (tertiary/aromatic N) is 2. The Morgan fingerprint density at radius 1 is 1.15 bits per heavy atom. The van der Waals surface area contributed by atoms with Crippen molar-refractivity contribution < 1.29 is 4.39 Å². The molecule has 0 amide bonds. The number of para-hydroxylation sites is 1. The van der Waals surface area contributed by atoms with Crippen molar-refractivity contribution in [1.82, 2.24) is 9.97 Å².